The van der Waals surface area contributed by atoms with Gasteiger partial charge in [-0.05, 0) is 147 Å². The molecule has 2 heterocycles. The molecule has 0 aromatic heterocycles. The van der Waals surface area contributed by atoms with Crippen molar-refractivity contribution in [1.82, 2.24) is 0 Å². The maximum absolute atomic E-state index is 2.62. The molecule has 2 aliphatic heterocycles. The zero-order valence-electron chi connectivity index (χ0n) is 30.0. The molecule has 0 bridgehead atoms. The van der Waals surface area contributed by atoms with Gasteiger partial charge in [-0.25, -0.2) is 0 Å². The standard InChI is InChI=1S/C50H46N2/c1-4-12-35(13-5-1)38-17-18-40-32-42(21-19-39(40)30-38)50-46-25-23-43(51-26-8-2-9-27-51)33-47(46)49(41-20-16-36-14-6-7-15-37(36)31-41)45-24-22-44(34-48(45)50)52-28-10-3-11-29-52/h1,4-7,12-25,30-31,33-34,40H,2-3,8-11,26-29,32H2. The van der Waals surface area contributed by atoms with Gasteiger partial charge in [0, 0.05) is 43.5 Å². The Morgan fingerprint density at radius 1 is 0.481 bits per heavy atom. The van der Waals surface area contributed by atoms with Crippen LogP contribution in [0.1, 0.15) is 56.1 Å². The fourth-order valence-electron chi connectivity index (χ4n) is 9.42. The quantitative estimate of drug-likeness (QED) is 0.168. The largest absolute Gasteiger partial charge is 0.372 e. The second-order valence-electron chi connectivity index (χ2n) is 15.4. The van der Waals surface area contributed by atoms with Crippen LogP contribution in [-0.2, 0) is 0 Å². The summed E-state index contributed by atoms with van der Waals surface area (Å²) < 4.78 is 0. The summed E-state index contributed by atoms with van der Waals surface area (Å²) in [6.07, 6.45) is 20.8. The van der Waals surface area contributed by atoms with Crippen LogP contribution in [0.5, 0.6) is 0 Å². The van der Waals surface area contributed by atoms with Gasteiger partial charge in [0.25, 0.3) is 0 Å². The minimum atomic E-state index is 0.371. The van der Waals surface area contributed by atoms with Crippen LogP contribution in [0.15, 0.2) is 145 Å². The van der Waals surface area contributed by atoms with Crippen molar-refractivity contribution in [1.29, 1.82) is 0 Å². The number of piperidine rings is 2. The molecule has 2 aliphatic carbocycles. The second-order valence-corrected chi connectivity index (χ2v) is 15.4. The first-order chi connectivity index (χ1) is 25.8. The predicted molar refractivity (Wildman–Crippen MR) is 224 cm³/mol. The number of hydrogen-bond acceptors (Lipinski definition) is 2. The van der Waals surface area contributed by atoms with Crippen LogP contribution >= 0.6 is 0 Å². The summed E-state index contributed by atoms with van der Waals surface area (Å²) in [5.41, 5.74) is 12.2. The smallest absolute Gasteiger partial charge is 0.0372 e. The van der Waals surface area contributed by atoms with Gasteiger partial charge in [-0.1, -0.05) is 109 Å². The maximum atomic E-state index is 2.62. The topological polar surface area (TPSA) is 6.48 Å². The normalized spacial score (nSPS) is 19.1. The van der Waals surface area contributed by atoms with E-state index < -0.39 is 0 Å². The molecule has 1 atom stereocenters. The van der Waals surface area contributed by atoms with Gasteiger partial charge in [-0.2, -0.15) is 0 Å². The first kappa shape index (κ1) is 31.4. The zero-order valence-corrected chi connectivity index (χ0v) is 30.0. The molecule has 6 aromatic rings. The van der Waals surface area contributed by atoms with E-state index in [1.165, 1.54) is 121 Å². The van der Waals surface area contributed by atoms with E-state index in [0.29, 0.717) is 5.92 Å². The van der Waals surface area contributed by atoms with Gasteiger partial charge in [0.05, 0.1) is 0 Å². The molecule has 52 heavy (non-hydrogen) atoms. The van der Waals surface area contributed by atoms with Crippen LogP contribution in [0.3, 0.4) is 0 Å². The van der Waals surface area contributed by atoms with Crippen molar-refractivity contribution in [3.8, 4) is 11.1 Å². The van der Waals surface area contributed by atoms with Crippen molar-refractivity contribution in [2.24, 2.45) is 5.92 Å². The maximum Gasteiger partial charge on any atom is 0.0372 e. The third kappa shape index (κ3) is 5.66. The van der Waals surface area contributed by atoms with Gasteiger partial charge in [0.2, 0.25) is 0 Å². The van der Waals surface area contributed by atoms with Gasteiger partial charge in [-0.15, -0.1) is 0 Å². The zero-order chi connectivity index (χ0) is 34.4. The van der Waals surface area contributed by atoms with Gasteiger partial charge >= 0.3 is 0 Å². The van der Waals surface area contributed by atoms with Crippen LogP contribution in [0, 0.1) is 5.92 Å². The summed E-state index contributed by atoms with van der Waals surface area (Å²) in [6, 6.07) is 41.5. The summed E-state index contributed by atoms with van der Waals surface area (Å²) in [5.74, 6) is 0.371. The summed E-state index contributed by atoms with van der Waals surface area (Å²) in [5, 5.41) is 8.06. The highest BCUT2D eigenvalue weighted by molar-refractivity contribution is 6.20. The Kier molecular flexibility index (Phi) is 8.05. The highest BCUT2D eigenvalue weighted by atomic mass is 15.1. The number of fused-ring (bicyclic) bond motifs is 4. The van der Waals surface area contributed by atoms with E-state index in [-0.39, 0.29) is 0 Å². The first-order valence-electron chi connectivity index (χ1n) is 19.7. The Morgan fingerprint density at radius 3 is 1.83 bits per heavy atom. The van der Waals surface area contributed by atoms with E-state index in [2.05, 4.69) is 149 Å². The summed E-state index contributed by atoms with van der Waals surface area (Å²) in [6.45, 7) is 4.56. The molecule has 2 heteroatoms. The van der Waals surface area contributed by atoms with Gasteiger partial charge in [0.1, 0.15) is 0 Å². The molecule has 256 valence electrons. The van der Waals surface area contributed by atoms with Crippen molar-refractivity contribution in [2.45, 2.75) is 44.9 Å². The molecule has 6 aromatic carbocycles. The van der Waals surface area contributed by atoms with Gasteiger partial charge in [-0.3, -0.25) is 0 Å². The fourth-order valence-corrected chi connectivity index (χ4v) is 9.42. The highest BCUT2D eigenvalue weighted by Gasteiger charge is 2.26. The number of nitrogens with zero attached hydrogens (tertiary/aromatic N) is 2. The van der Waals surface area contributed by atoms with E-state index in [1.54, 1.807) is 0 Å². The molecule has 0 radical (unpaired) electrons. The van der Waals surface area contributed by atoms with E-state index in [4.69, 9.17) is 0 Å². The van der Waals surface area contributed by atoms with Crippen LogP contribution in [0.4, 0.5) is 11.4 Å². The molecule has 0 spiro atoms. The monoisotopic (exact) mass is 674 g/mol. The lowest BCUT2D eigenvalue weighted by Gasteiger charge is -2.31. The van der Waals surface area contributed by atoms with Crippen LogP contribution in [0.25, 0.3) is 54.6 Å². The molecule has 2 nitrogen and oxygen atoms in total. The van der Waals surface area contributed by atoms with Gasteiger partial charge < -0.3 is 9.80 Å². The third-order valence-corrected chi connectivity index (χ3v) is 12.2. The second kappa shape index (κ2) is 13.3. The minimum Gasteiger partial charge on any atom is -0.372 e. The molecule has 10 rings (SSSR count). The van der Waals surface area contributed by atoms with E-state index >= 15 is 0 Å². The molecule has 0 saturated carbocycles. The number of benzene rings is 6. The molecule has 4 aliphatic rings. The minimum absolute atomic E-state index is 0.371. The number of allylic oxidation sites excluding steroid dienone is 8. The predicted octanol–water partition coefficient (Wildman–Crippen LogP) is 12.8. The molecule has 2 fully saturated rings. The molecule has 0 amide bonds. The number of hydrogen-bond donors (Lipinski definition) is 0. The molecular weight excluding hydrogens is 629 g/mol. The van der Waals surface area contributed by atoms with Crippen molar-refractivity contribution in [2.75, 3.05) is 36.0 Å². The Hall–Kier alpha value is -5.34. The van der Waals surface area contributed by atoms with E-state index in [0.717, 1.165) is 32.6 Å². The Balaban J connectivity index is 1.22. The van der Waals surface area contributed by atoms with Crippen molar-refractivity contribution in [3.05, 3.63) is 156 Å². The lowest BCUT2D eigenvalue weighted by molar-refractivity contribution is 0.578. The molecule has 0 N–H and O–H groups in total. The van der Waals surface area contributed by atoms with Crippen LogP contribution in [0.2, 0.25) is 0 Å². The average molecular weight is 675 g/mol. The molecular formula is C50H46N2. The average Bonchev–Trinajstić information content (AvgIpc) is 3.23. The Bertz CT molecular complexity index is 2450. The van der Waals surface area contributed by atoms with E-state index in [1.807, 2.05) is 0 Å². The summed E-state index contributed by atoms with van der Waals surface area (Å²) in [4.78, 5) is 5.24. The number of anilines is 2. The molecule has 2 saturated heterocycles. The van der Waals surface area contributed by atoms with Crippen molar-refractivity contribution in [3.63, 3.8) is 0 Å². The SMILES string of the molecule is C1=CC2CC(c3c4cc(N5CCCCC5)ccc4c(-c4ccc5ccccc5c4)c4cc(N5CCCCC5)ccc34)=CC=C2C=C1c1ccccc1. The van der Waals surface area contributed by atoms with Crippen molar-refractivity contribution < 1.29 is 0 Å². The summed E-state index contributed by atoms with van der Waals surface area (Å²) in [7, 11) is 0. The number of rotatable bonds is 5. The van der Waals surface area contributed by atoms with Crippen molar-refractivity contribution >= 4 is 54.8 Å². The summed E-state index contributed by atoms with van der Waals surface area (Å²) >= 11 is 0. The first-order valence-corrected chi connectivity index (χ1v) is 19.7. The Labute approximate surface area is 308 Å². The molecule has 1 unspecified atom stereocenters. The van der Waals surface area contributed by atoms with Gasteiger partial charge in [0.15, 0.2) is 0 Å². The lowest BCUT2D eigenvalue weighted by Crippen LogP contribution is -2.29. The highest BCUT2D eigenvalue weighted by Crippen LogP contribution is 2.48. The Morgan fingerprint density at radius 2 is 1.12 bits per heavy atom. The van der Waals surface area contributed by atoms with Crippen LogP contribution < -0.4 is 9.80 Å². The lowest BCUT2D eigenvalue weighted by atomic mass is 9.77. The van der Waals surface area contributed by atoms with E-state index in [9.17, 15) is 0 Å². The van der Waals surface area contributed by atoms with Crippen LogP contribution in [-0.4, -0.2) is 26.2 Å². The fraction of sp³-hybridized carbons (Fsp3) is 0.240. The third-order valence-electron chi connectivity index (χ3n) is 12.2.